The van der Waals surface area contributed by atoms with E-state index in [-0.39, 0.29) is 18.4 Å². The van der Waals surface area contributed by atoms with Crippen LogP contribution < -0.4 is 10.1 Å². The molecule has 0 aliphatic rings. The maximum atomic E-state index is 12.5. The fraction of sp³-hybridized carbons (Fsp3) is 0.333. The summed E-state index contributed by atoms with van der Waals surface area (Å²) in [6.45, 7) is 1.46. The zero-order valence-corrected chi connectivity index (χ0v) is 13.2. The number of hydrogen-bond acceptors (Lipinski definition) is 3. The Hall–Kier alpha value is -1.98. The van der Waals surface area contributed by atoms with Crippen molar-refractivity contribution in [2.75, 3.05) is 0 Å². The van der Waals surface area contributed by atoms with Gasteiger partial charge in [-0.05, 0) is 31.0 Å². The molecule has 0 radical (unpaired) electrons. The van der Waals surface area contributed by atoms with E-state index in [1.807, 2.05) is 44.2 Å². The van der Waals surface area contributed by atoms with E-state index in [4.69, 9.17) is 0 Å². The number of alkyl halides is 2. The molecule has 3 nitrogen and oxygen atoms in total. The van der Waals surface area contributed by atoms with Crippen molar-refractivity contribution in [1.82, 2.24) is 5.32 Å². The lowest BCUT2D eigenvalue weighted by atomic mass is 10.0. The van der Waals surface area contributed by atoms with Gasteiger partial charge < -0.3 is 15.2 Å². The van der Waals surface area contributed by atoms with Gasteiger partial charge in [0, 0.05) is 18.2 Å². The molecule has 0 bridgehead atoms. The summed E-state index contributed by atoms with van der Waals surface area (Å²) in [6.07, 6.45) is 0. The molecule has 1 atom stereocenters. The third-order valence-electron chi connectivity index (χ3n) is 3.66. The molecule has 2 aromatic carbocycles. The zero-order valence-electron chi connectivity index (χ0n) is 13.2. The van der Waals surface area contributed by atoms with Gasteiger partial charge in [-0.3, -0.25) is 0 Å². The second-order valence-electron chi connectivity index (χ2n) is 5.50. The summed E-state index contributed by atoms with van der Waals surface area (Å²) >= 11 is 0. The van der Waals surface area contributed by atoms with E-state index >= 15 is 0 Å². The molecule has 0 aliphatic carbocycles. The Morgan fingerprint density at radius 2 is 1.96 bits per heavy atom. The third kappa shape index (κ3) is 5.01. The second kappa shape index (κ2) is 8.04. The highest BCUT2D eigenvalue weighted by Gasteiger charge is 2.12. The molecule has 1 unspecified atom stereocenters. The number of rotatable bonds is 7. The predicted octanol–water partition coefficient (Wildman–Crippen LogP) is 3.94. The maximum Gasteiger partial charge on any atom is 0.387 e. The molecule has 124 valence electrons. The molecule has 2 N–H and O–H groups in total. The molecule has 0 saturated carbocycles. The number of benzene rings is 2. The fourth-order valence-electron chi connectivity index (χ4n) is 2.40. The van der Waals surface area contributed by atoms with Crippen molar-refractivity contribution in [2.45, 2.75) is 39.7 Å². The Bertz CT molecular complexity index is 647. The van der Waals surface area contributed by atoms with Crippen LogP contribution in [0.15, 0.2) is 42.5 Å². The minimum absolute atomic E-state index is 0.00911. The van der Waals surface area contributed by atoms with Crippen molar-refractivity contribution in [3.05, 3.63) is 64.7 Å². The van der Waals surface area contributed by atoms with Gasteiger partial charge in [0.25, 0.3) is 0 Å². The SMILES string of the molecule is Cc1ccc(OC(F)F)c(CNC(C)c2cccc(CO)c2)c1. The Kier molecular flexibility index (Phi) is 6.07. The first-order valence-corrected chi connectivity index (χ1v) is 7.47. The van der Waals surface area contributed by atoms with Crippen LogP contribution in [0.25, 0.3) is 0 Å². The normalized spacial score (nSPS) is 12.4. The van der Waals surface area contributed by atoms with Crippen molar-refractivity contribution in [2.24, 2.45) is 0 Å². The van der Waals surface area contributed by atoms with Crippen LogP contribution in [0.1, 0.15) is 35.2 Å². The van der Waals surface area contributed by atoms with E-state index in [0.29, 0.717) is 12.1 Å². The monoisotopic (exact) mass is 321 g/mol. The number of hydrogen-bond donors (Lipinski definition) is 2. The van der Waals surface area contributed by atoms with Crippen LogP contribution in [0.2, 0.25) is 0 Å². The first-order valence-electron chi connectivity index (χ1n) is 7.47. The highest BCUT2D eigenvalue weighted by atomic mass is 19.3. The van der Waals surface area contributed by atoms with E-state index < -0.39 is 6.61 Å². The Balaban J connectivity index is 2.08. The Morgan fingerprint density at radius 1 is 1.17 bits per heavy atom. The lowest BCUT2D eigenvalue weighted by Crippen LogP contribution is -2.19. The maximum absolute atomic E-state index is 12.5. The smallest absolute Gasteiger partial charge is 0.387 e. The van der Waals surface area contributed by atoms with Crippen molar-refractivity contribution in [3.63, 3.8) is 0 Å². The van der Waals surface area contributed by atoms with Crippen LogP contribution >= 0.6 is 0 Å². The first-order chi connectivity index (χ1) is 11.0. The molecule has 2 aromatic rings. The molecule has 0 amide bonds. The summed E-state index contributed by atoms with van der Waals surface area (Å²) in [5.74, 6) is 0.189. The number of nitrogens with one attached hydrogen (secondary N) is 1. The highest BCUT2D eigenvalue weighted by molar-refractivity contribution is 5.37. The molecule has 0 saturated heterocycles. The van der Waals surface area contributed by atoms with Gasteiger partial charge in [0.1, 0.15) is 5.75 Å². The van der Waals surface area contributed by atoms with E-state index in [2.05, 4.69) is 10.1 Å². The largest absolute Gasteiger partial charge is 0.434 e. The summed E-state index contributed by atoms with van der Waals surface area (Å²) < 4.78 is 29.5. The van der Waals surface area contributed by atoms with Crippen LogP contribution in [0.3, 0.4) is 0 Å². The van der Waals surface area contributed by atoms with Crippen molar-refractivity contribution in [1.29, 1.82) is 0 Å². The van der Waals surface area contributed by atoms with Crippen molar-refractivity contribution < 1.29 is 18.6 Å². The van der Waals surface area contributed by atoms with Gasteiger partial charge >= 0.3 is 6.61 Å². The summed E-state index contributed by atoms with van der Waals surface area (Å²) in [6, 6.07) is 12.8. The Labute approximate surface area is 134 Å². The average Bonchev–Trinajstić information content (AvgIpc) is 2.54. The van der Waals surface area contributed by atoms with Crippen LogP contribution in [-0.2, 0) is 13.2 Å². The van der Waals surface area contributed by atoms with Crippen molar-refractivity contribution in [3.8, 4) is 5.75 Å². The third-order valence-corrected chi connectivity index (χ3v) is 3.66. The number of halogens is 2. The molecule has 23 heavy (non-hydrogen) atoms. The number of aliphatic hydroxyl groups excluding tert-OH is 1. The average molecular weight is 321 g/mol. The van der Waals surface area contributed by atoms with Gasteiger partial charge in [-0.15, -0.1) is 0 Å². The van der Waals surface area contributed by atoms with E-state index in [0.717, 1.165) is 16.7 Å². The van der Waals surface area contributed by atoms with Gasteiger partial charge in [0.15, 0.2) is 0 Å². The Morgan fingerprint density at radius 3 is 2.65 bits per heavy atom. The molecule has 0 aliphatic heterocycles. The van der Waals surface area contributed by atoms with Crippen LogP contribution in [0.4, 0.5) is 8.78 Å². The molecular weight excluding hydrogens is 300 g/mol. The van der Waals surface area contributed by atoms with Crippen LogP contribution in [-0.4, -0.2) is 11.7 Å². The summed E-state index contributed by atoms with van der Waals surface area (Å²) in [5.41, 5.74) is 3.54. The van der Waals surface area contributed by atoms with Gasteiger partial charge in [0.05, 0.1) is 6.61 Å². The lowest BCUT2D eigenvalue weighted by Gasteiger charge is -2.17. The fourth-order valence-corrected chi connectivity index (χ4v) is 2.40. The summed E-state index contributed by atoms with van der Waals surface area (Å²) in [7, 11) is 0. The first kappa shape index (κ1) is 17.4. The van der Waals surface area contributed by atoms with Gasteiger partial charge in [-0.1, -0.05) is 42.0 Å². The van der Waals surface area contributed by atoms with Gasteiger partial charge in [0.2, 0.25) is 0 Å². The minimum Gasteiger partial charge on any atom is -0.434 e. The molecule has 2 rings (SSSR count). The van der Waals surface area contributed by atoms with Gasteiger partial charge in [-0.25, -0.2) is 0 Å². The van der Waals surface area contributed by atoms with Crippen molar-refractivity contribution >= 4 is 0 Å². The molecule has 0 aromatic heterocycles. The molecule has 0 fully saturated rings. The quantitative estimate of drug-likeness (QED) is 0.811. The standard InChI is InChI=1S/C18H21F2NO2/c1-12-6-7-17(23-18(19)20)16(8-12)10-21-13(2)15-5-3-4-14(9-15)11-22/h3-9,13,18,21-22H,10-11H2,1-2H3. The van der Waals surface area contributed by atoms with E-state index in [9.17, 15) is 13.9 Å². The van der Waals surface area contributed by atoms with E-state index in [1.54, 1.807) is 12.1 Å². The summed E-state index contributed by atoms with van der Waals surface area (Å²) in [5, 5.41) is 12.5. The second-order valence-corrected chi connectivity index (χ2v) is 5.50. The van der Waals surface area contributed by atoms with E-state index in [1.165, 1.54) is 0 Å². The predicted molar refractivity (Wildman–Crippen MR) is 85.4 cm³/mol. The number of aryl methyl sites for hydroxylation is 1. The molecule has 0 spiro atoms. The highest BCUT2D eigenvalue weighted by Crippen LogP contribution is 2.23. The molecular formula is C18H21F2NO2. The zero-order chi connectivity index (χ0) is 16.8. The van der Waals surface area contributed by atoms with Gasteiger partial charge in [-0.2, -0.15) is 8.78 Å². The van der Waals surface area contributed by atoms with Crippen LogP contribution in [0.5, 0.6) is 5.75 Å². The van der Waals surface area contributed by atoms with Crippen LogP contribution in [0, 0.1) is 6.92 Å². The minimum atomic E-state index is -2.84. The number of aliphatic hydroxyl groups is 1. The molecule has 5 heteroatoms. The molecule has 0 heterocycles. The lowest BCUT2D eigenvalue weighted by molar-refractivity contribution is -0.0505. The topological polar surface area (TPSA) is 41.5 Å². The summed E-state index contributed by atoms with van der Waals surface area (Å²) in [4.78, 5) is 0. The number of ether oxygens (including phenoxy) is 1.